The molecule has 62 valence electrons. The predicted molar refractivity (Wildman–Crippen MR) is 43.1 cm³/mol. The Morgan fingerprint density at radius 3 is 3.00 bits per heavy atom. The zero-order valence-corrected chi connectivity index (χ0v) is 6.77. The van der Waals surface area contributed by atoms with Crippen molar-refractivity contribution in [2.24, 2.45) is 0 Å². The van der Waals surface area contributed by atoms with Crippen LogP contribution in [0, 0.1) is 0 Å². The van der Waals surface area contributed by atoms with E-state index < -0.39 is 0 Å². The number of rotatable bonds is 4. The molecule has 1 aromatic rings. The molecule has 0 saturated carbocycles. The monoisotopic (exact) mass is 154 g/mol. The Labute approximate surface area is 66.7 Å². The zero-order chi connectivity index (χ0) is 8.10. The van der Waals surface area contributed by atoms with E-state index in [0.717, 1.165) is 12.8 Å². The molecule has 0 bridgehead atoms. The van der Waals surface area contributed by atoms with E-state index in [1.165, 1.54) is 0 Å². The third-order valence-corrected chi connectivity index (χ3v) is 1.60. The van der Waals surface area contributed by atoms with Crippen LogP contribution < -0.4 is 0 Å². The van der Waals surface area contributed by atoms with E-state index in [1.807, 2.05) is 10.8 Å². The number of hydrogen-bond acceptors (Lipinski definition) is 2. The first-order valence-electron chi connectivity index (χ1n) is 3.96. The van der Waals surface area contributed by atoms with Crippen LogP contribution in [0.4, 0.5) is 0 Å². The molecule has 0 amide bonds. The molecule has 0 aromatic carbocycles. The quantitative estimate of drug-likeness (QED) is 0.703. The molecule has 1 N–H and O–H groups in total. The van der Waals surface area contributed by atoms with Crippen LogP contribution in [-0.4, -0.2) is 20.8 Å². The molecule has 1 unspecified atom stereocenters. The number of aliphatic hydroxyl groups is 1. The van der Waals surface area contributed by atoms with Crippen molar-refractivity contribution in [2.75, 3.05) is 0 Å². The SMILES string of the molecule is CCCC(O)Cn1ccnc1. The second-order valence-electron chi connectivity index (χ2n) is 2.70. The Morgan fingerprint density at radius 1 is 1.64 bits per heavy atom. The third kappa shape index (κ3) is 2.72. The molecule has 1 rings (SSSR count). The maximum Gasteiger partial charge on any atom is 0.0946 e. The van der Waals surface area contributed by atoms with E-state index in [4.69, 9.17) is 0 Å². The number of hydrogen-bond donors (Lipinski definition) is 1. The minimum absolute atomic E-state index is 0.228. The number of aromatic nitrogens is 2. The highest BCUT2D eigenvalue weighted by atomic mass is 16.3. The Kier molecular flexibility index (Phi) is 3.11. The fourth-order valence-electron chi connectivity index (χ4n) is 1.06. The smallest absolute Gasteiger partial charge is 0.0946 e. The normalized spacial score (nSPS) is 13.3. The molecule has 0 aliphatic heterocycles. The molecule has 0 radical (unpaired) electrons. The van der Waals surface area contributed by atoms with Crippen LogP contribution in [-0.2, 0) is 6.54 Å². The number of imidazole rings is 1. The van der Waals surface area contributed by atoms with Crippen LogP contribution in [0.25, 0.3) is 0 Å². The van der Waals surface area contributed by atoms with Crippen molar-refractivity contribution >= 4 is 0 Å². The standard InChI is InChI=1S/C8H14N2O/c1-2-3-8(11)6-10-5-4-9-7-10/h4-5,7-8,11H,2-3,6H2,1H3. The van der Waals surface area contributed by atoms with Gasteiger partial charge >= 0.3 is 0 Å². The molecule has 3 nitrogen and oxygen atoms in total. The summed E-state index contributed by atoms with van der Waals surface area (Å²) in [5.74, 6) is 0. The summed E-state index contributed by atoms with van der Waals surface area (Å²) in [6, 6.07) is 0. The van der Waals surface area contributed by atoms with Crippen molar-refractivity contribution in [3.63, 3.8) is 0 Å². The van der Waals surface area contributed by atoms with E-state index in [9.17, 15) is 5.11 Å². The van der Waals surface area contributed by atoms with Gasteiger partial charge in [0.05, 0.1) is 12.4 Å². The van der Waals surface area contributed by atoms with Crippen molar-refractivity contribution in [1.29, 1.82) is 0 Å². The van der Waals surface area contributed by atoms with Crippen LogP contribution in [0.5, 0.6) is 0 Å². The first-order chi connectivity index (χ1) is 5.33. The summed E-state index contributed by atoms with van der Waals surface area (Å²) in [5, 5.41) is 9.37. The van der Waals surface area contributed by atoms with Gasteiger partial charge in [-0.15, -0.1) is 0 Å². The van der Waals surface area contributed by atoms with Crippen LogP contribution in [0.2, 0.25) is 0 Å². The first kappa shape index (κ1) is 8.27. The molecule has 1 atom stereocenters. The van der Waals surface area contributed by atoms with E-state index in [2.05, 4.69) is 11.9 Å². The van der Waals surface area contributed by atoms with Crippen LogP contribution >= 0.6 is 0 Å². The molecular formula is C8H14N2O. The van der Waals surface area contributed by atoms with Crippen molar-refractivity contribution in [2.45, 2.75) is 32.4 Å². The lowest BCUT2D eigenvalue weighted by molar-refractivity contribution is 0.143. The highest BCUT2D eigenvalue weighted by Crippen LogP contribution is 1.99. The molecule has 0 spiro atoms. The fourth-order valence-corrected chi connectivity index (χ4v) is 1.06. The lowest BCUT2D eigenvalue weighted by Crippen LogP contribution is -2.14. The third-order valence-electron chi connectivity index (χ3n) is 1.60. The number of aliphatic hydroxyl groups excluding tert-OH is 1. The van der Waals surface area contributed by atoms with E-state index in [1.54, 1.807) is 12.5 Å². The number of nitrogens with zero attached hydrogens (tertiary/aromatic N) is 2. The highest BCUT2D eigenvalue weighted by Gasteiger charge is 2.01. The molecular weight excluding hydrogens is 140 g/mol. The van der Waals surface area contributed by atoms with Gasteiger partial charge in [-0.3, -0.25) is 0 Å². The summed E-state index contributed by atoms with van der Waals surface area (Å²) in [7, 11) is 0. The molecule has 0 saturated heterocycles. The summed E-state index contributed by atoms with van der Waals surface area (Å²) in [6.07, 6.45) is 6.96. The fraction of sp³-hybridized carbons (Fsp3) is 0.625. The molecule has 0 aliphatic rings. The van der Waals surface area contributed by atoms with Crippen molar-refractivity contribution in [3.05, 3.63) is 18.7 Å². The highest BCUT2D eigenvalue weighted by molar-refractivity contribution is 4.75. The largest absolute Gasteiger partial charge is 0.391 e. The Balaban J connectivity index is 2.31. The topological polar surface area (TPSA) is 38.0 Å². The van der Waals surface area contributed by atoms with Crippen LogP contribution in [0.1, 0.15) is 19.8 Å². The summed E-state index contributed by atoms with van der Waals surface area (Å²) >= 11 is 0. The summed E-state index contributed by atoms with van der Waals surface area (Å²) in [6.45, 7) is 2.73. The summed E-state index contributed by atoms with van der Waals surface area (Å²) in [5.41, 5.74) is 0. The van der Waals surface area contributed by atoms with Crippen molar-refractivity contribution < 1.29 is 5.11 Å². The van der Waals surface area contributed by atoms with Gasteiger partial charge in [0.25, 0.3) is 0 Å². The molecule has 0 fully saturated rings. The second-order valence-corrected chi connectivity index (χ2v) is 2.70. The lowest BCUT2D eigenvalue weighted by atomic mass is 10.2. The molecule has 11 heavy (non-hydrogen) atoms. The minimum atomic E-state index is -0.228. The lowest BCUT2D eigenvalue weighted by Gasteiger charge is -2.08. The van der Waals surface area contributed by atoms with Crippen LogP contribution in [0.15, 0.2) is 18.7 Å². The van der Waals surface area contributed by atoms with Gasteiger partial charge in [0, 0.05) is 18.9 Å². The van der Waals surface area contributed by atoms with Gasteiger partial charge < -0.3 is 9.67 Å². The van der Waals surface area contributed by atoms with E-state index in [0.29, 0.717) is 6.54 Å². The Morgan fingerprint density at radius 2 is 2.45 bits per heavy atom. The predicted octanol–water partition coefficient (Wildman–Crippen LogP) is 1.04. The average molecular weight is 154 g/mol. The maximum absolute atomic E-state index is 9.37. The van der Waals surface area contributed by atoms with Gasteiger partial charge in [-0.25, -0.2) is 4.98 Å². The van der Waals surface area contributed by atoms with Crippen LogP contribution in [0.3, 0.4) is 0 Å². The van der Waals surface area contributed by atoms with Crippen molar-refractivity contribution in [1.82, 2.24) is 9.55 Å². The maximum atomic E-state index is 9.37. The van der Waals surface area contributed by atoms with Crippen molar-refractivity contribution in [3.8, 4) is 0 Å². The summed E-state index contributed by atoms with van der Waals surface area (Å²) < 4.78 is 1.89. The molecule has 1 aromatic heterocycles. The van der Waals surface area contributed by atoms with Gasteiger partial charge in [0.15, 0.2) is 0 Å². The van der Waals surface area contributed by atoms with Gasteiger partial charge in [0.1, 0.15) is 0 Å². The Hall–Kier alpha value is -0.830. The molecule has 1 heterocycles. The second kappa shape index (κ2) is 4.13. The van der Waals surface area contributed by atoms with Gasteiger partial charge in [-0.05, 0) is 6.42 Å². The first-order valence-corrected chi connectivity index (χ1v) is 3.96. The van der Waals surface area contributed by atoms with E-state index in [-0.39, 0.29) is 6.10 Å². The molecule has 3 heteroatoms. The summed E-state index contributed by atoms with van der Waals surface area (Å²) in [4.78, 5) is 3.89. The van der Waals surface area contributed by atoms with Gasteiger partial charge in [-0.1, -0.05) is 13.3 Å². The Bertz CT molecular complexity index is 184. The average Bonchev–Trinajstić information content (AvgIpc) is 2.40. The van der Waals surface area contributed by atoms with Gasteiger partial charge in [0.2, 0.25) is 0 Å². The molecule has 0 aliphatic carbocycles. The van der Waals surface area contributed by atoms with Gasteiger partial charge in [-0.2, -0.15) is 0 Å². The van der Waals surface area contributed by atoms with E-state index >= 15 is 0 Å². The zero-order valence-electron chi connectivity index (χ0n) is 6.77. The minimum Gasteiger partial charge on any atom is -0.391 e.